The Hall–Kier alpha value is -1.75. The molecular formula is C13H13FN2OS. The highest BCUT2D eigenvalue weighted by molar-refractivity contribution is 7.80. The zero-order valence-electron chi connectivity index (χ0n) is 9.94. The Labute approximate surface area is 110 Å². The van der Waals surface area contributed by atoms with Gasteiger partial charge in [0.15, 0.2) is 5.11 Å². The molecule has 2 rings (SSSR count). The van der Waals surface area contributed by atoms with Crippen LogP contribution < -0.4 is 5.32 Å². The molecule has 1 aromatic rings. The van der Waals surface area contributed by atoms with Crippen molar-refractivity contribution in [2.75, 3.05) is 6.54 Å². The summed E-state index contributed by atoms with van der Waals surface area (Å²) in [4.78, 5) is 13.5. The lowest BCUT2D eigenvalue weighted by atomic mass is 10.2. The third-order valence-corrected chi connectivity index (χ3v) is 2.91. The average molecular weight is 264 g/mol. The van der Waals surface area contributed by atoms with Gasteiger partial charge in [0.05, 0.1) is 0 Å². The van der Waals surface area contributed by atoms with Crippen LogP contribution in [0, 0.1) is 5.82 Å². The predicted molar refractivity (Wildman–Crippen MR) is 72.1 cm³/mol. The van der Waals surface area contributed by atoms with Crippen molar-refractivity contribution >= 4 is 29.3 Å². The second kappa shape index (κ2) is 5.27. The van der Waals surface area contributed by atoms with E-state index in [0.717, 1.165) is 12.0 Å². The number of amides is 1. The van der Waals surface area contributed by atoms with Crippen LogP contribution in [-0.4, -0.2) is 22.5 Å². The van der Waals surface area contributed by atoms with E-state index in [9.17, 15) is 9.18 Å². The lowest BCUT2D eigenvalue weighted by molar-refractivity contribution is -0.122. The molecule has 0 atom stereocenters. The molecule has 18 heavy (non-hydrogen) atoms. The molecule has 0 aromatic heterocycles. The van der Waals surface area contributed by atoms with Gasteiger partial charge in [0.25, 0.3) is 5.91 Å². The Morgan fingerprint density at radius 2 is 2.06 bits per heavy atom. The van der Waals surface area contributed by atoms with Gasteiger partial charge in [0, 0.05) is 6.54 Å². The lowest BCUT2D eigenvalue weighted by Crippen LogP contribution is -2.31. The monoisotopic (exact) mass is 264 g/mol. The van der Waals surface area contributed by atoms with Gasteiger partial charge in [0.1, 0.15) is 11.5 Å². The van der Waals surface area contributed by atoms with Crippen molar-refractivity contribution in [1.82, 2.24) is 10.2 Å². The van der Waals surface area contributed by atoms with Gasteiger partial charge in [-0.05, 0) is 42.4 Å². The molecule has 1 aliphatic rings. The molecule has 1 amide bonds. The summed E-state index contributed by atoms with van der Waals surface area (Å²) < 4.78 is 12.8. The summed E-state index contributed by atoms with van der Waals surface area (Å²) in [6, 6.07) is 5.94. The lowest BCUT2D eigenvalue weighted by Gasteiger charge is -2.11. The number of hydrogen-bond acceptors (Lipinski definition) is 2. The standard InChI is InChI=1S/C13H13FN2OS/c1-2-7-16-12(17)11(15-13(16)18)8-9-3-5-10(14)6-4-9/h3-6,8H,2,7H2,1H3,(H,15,18)/b11-8+. The van der Waals surface area contributed by atoms with Crippen molar-refractivity contribution in [1.29, 1.82) is 0 Å². The maximum Gasteiger partial charge on any atom is 0.276 e. The maximum absolute atomic E-state index is 12.8. The van der Waals surface area contributed by atoms with Crippen molar-refractivity contribution < 1.29 is 9.18 Å². The Bertz CT molecular complexity index is 510. The fourth-order valence-corrected chi connectivity index (χ4v) is 2.01. The van der Waals surface area contributed by atoms with E-state index in [2.05, 4.69) is 5.32 Å². The summed E-state index contributed by atoms with van der Waals surface area (Å²) in [5.74, 6) is -0.433. The number of nitrogens with one attached hydrogen (secondary N) is 1. The first-order valence-corrected chi connectivity index (χ1v) is 6.12. The van der Waals surface area contributed by atoms with Crippen molar-refractivity contribution in [2.45, 2.75) is 13.3 Å². The van der Waals surface area contributed by atoms with Gasteiger partial charge < -0.3 is 5.32 Å². The summed E-state index contributed by atoms with van der Waals surface area (Å²) in [7, 11) is 0. The minimum atomic E-state index is -0.300. The van der Waals surface area contributed by atoms with E-state index in [1.807, 2.05) is 6.92 Å². The van der Waals surface area contributed by atoms with Crippen molar-refractivity contribution in [3.05, 3.63) is 41.3 Å². The number of rotatable bonds is 3. The molecule has 0 spiro atoms. The summed E-state index contributed by atoms with van der Waals surface area (Å²) >= 11 is 5.09. The molecule has 1 aliphatic heterocycles. The summed E-state index contributed by atoms with van der Waals surface area (Å²) in [5.41, 5.74) is 1.19. The molecule has 0 bridgehead atoms. The van der Waals surface area contributed by atoms with Crippen molar-refractivity contribution in [3.63, 3.8) is 0 Å². The fraction of sp³-hybridized carbons (Fsp3) is 0.231. The number of halogens is 1. The van der Waals surface area contributed by atoms with E-state index in [1.54, 1.807) is 18.2 Å². The van der Waals surface area contributed by atoms with Gasteiger partial charge in [-0.2, -0.15) is 0 Å². The summed E-state index contributed by atoms with van der Waals surface area (Å²) in [5, 5.41) is 3.30. The number of carbonyl (C=O) groups is 1. The first kappa shape index (κ1) is 12.7. The van der Waals surface area contributed by atoms with E-state index in [0.29, 0.717) is 17.4 Å². The molecule has 0 radical (unpaired) electrons. The molecule has 0 aliphatic carbocycles. The zero-order valence-corrected chi connectivity index (χ0v) is 10.8. The van der Waals surface area contributed by atoms with Crippen LogP contribution in [-0.2, 0) is 4.79 Å². The SMILES string of the molecule is CCCN1C(=O)/C(=C\c2ccc(F)cc2)NC1=S. The molecule has 0 unspecified atom stereocenters. The first-order chi connectivity index (χ1) is 8.61. The Morgan fingerprint density at radius 1 is 1.39 bits per heavy atom. The normalized spacial score (nSPS) is 17.4. The molecule has 3 nitrogen and oxygen atoms in total. The quantitative estimate of drug-likeness (QED) is 0.671. The van der Waals surface area contributed by atoms with Crippen LogP contribution in [0.25, 0.3) is 6.08 Å². The van der Waals surface area contributed by atoms with Crippen LogP contribution in [0.1, 0.15) is 18.9 Å². The van der Waals surface area contributed by atoms with Crippen LogP contribution in [0.2, 0.25) is 0 Å². The highest BCUT2D eigenvalue weighted by Gasteiger charge is 2.29. The van der Waals surface area contributed by atoms with Gasteiger partial charge in [-0.1, -0.05) is 19.1 Å². The van der Waals surface area contributed by atoms with E-state index in [4.69, 9.17) is 12.2 Å². The predicted octanol–water partition coefficient (Wildman–Crippen LogP) is 2.29. The van der Waals surface area contributed by atoms with E-state index >= 15 is 0 Å². The number of benzene rings is 1. The van der Waals surface area contributed by atoms with Crippen LogP contribution in [0.5, 0.6) is 0 Å². The maximum atomic E-state index is 12.8. The van der Waals surface area contributed by atoms with E-state index in [-0.39, 0.29) is 11.7 Å². The largest absolute Gasteiger partial charge is 0.328 e. The van der Waals surface area contributed by atoms with Gasteiger partial charge in [-0.25, -0.2) is 4.39 Å². The zero-order chi connectivity index (χ0) is 13.1. The van der Waals surface area contributed by atoms with E-state index in [1.165, 1.54) is 17.0 Å². The van der Waals surface area contributed by atoms with Gasteiger partial charge >= 0.3 is 0 Å². The number of hydrogen-bond donors (Lipinski definition) is 1. The van der Waals surface area contributed by atoms with Crippen LogP contribution >= 0.6 is 12.2 Å². The van der Waals surface area contributed by atoms with Gasteiger partial charge in [-0.15, -0.1) is 0 Å². The molecular weight excluding hydrogens is 251 g/mol. The molecule has 1 heterocycles. The molecule has 1 aromatic carbocycles. The minimum Gasteiger partial charge on any atom is -0.328 e. The fourth-order valence-electron chi connectivity index (χ4n) is 1.72. The minimum absolute atomic E-state index is 0.133. The molecule has 1 saturated heterocycles. The molecule has 1 fully saturated rings. The summed E-state index contributed by atoms with van der Waals surface area (Å²) in [6.07, 6.45) is 2.52. The molecule has 5 heteroatoms. The average Bonchev–Trinajstić information content (AvgIpc) is 2.60. The Balaban J connectivity index is 2.22. The van der Waals surface area contributed by atoms with Crippen LogP contribution in [0.15, 0.2) is 30.0 Å². The van der Waals surface area contributed by atoms with Gasteiger partial charge in [-0.3, -0.25) is 9.69 Å². The van der Waals surface area contributed by atoms with Crippen LogP contribution in [0.3, 0.4) is 0 Å². The highest BCUT2D eigenvalue weighted by Crippen LogP contribution is 2.14. The highest BCUT2D eigenvalue weighted by atomic mass is 32.1. The third kappa shape index (κ3) is 2.56. The Morgan fingerprint density at radius 3 is 2.67 bits per heavy atom. The van der Waals surface area contributed by atoms with Crippen molar-refractivity contribution in [2.24, 2.45) is 0 Å². The Kier molecular flexibility index (Phi) is 3.72. The molecule has 1 N–H and O–H groups in total. The number of carbonyl (C=O) groups excluding carboxylic acids is 1. The van der Waals surface area contributed by atoms with Gasteiger partial charge in [0.2, 0.25) is 0 Å². The summed E-state index contributed by atoms with van der Waals surface area (Å²) in [6.45, 7) is 2.59. The number of thiocarbonyl (C=S) groups is 1. The molecule has 94 valence electrons. The van der Waals surface area contributed by atoms with Crippen molar-refractivity contribution in [3.8, 4) is 0 Å². The second-order valence-corrected chi connectivity index (χ2v) is 4.38. The van der Waals surface area contributed by atoms with E-state index < -0.39 is 0 Å². The topological polar surface area (TPSA) is 32.3 Å². The van der Waals surface area contributed by atoms with Crippen LogP contribution in [0.4, 0.5) is 4.39 Å². The third-order valence-electron chi connectivity index (χ3n) is 2.59. The first-order valence-electron chi connectivity index (χ1n) is 5.72. The smallest absolute Gasteiger partial charge is 0.276 e. The number of nitrogens with zero attached hydrogens (tertiary/aromatic N) is 1. The molecule has 0 saturated carbocycles. The second-order valence-electron chi connectivity index (χ2n) is 4.00.